The van der Waals surface area contributed by atoms with Crippen LogP contribution < -0.4 is 16.0 Å². The fourth-order valence-electron chi connectivity index (χ4n) is 3.23. The fraction of sp³-hybridized carbons (Fsp3) is 0.545. The summed E-state index contributed by atoms with van der Waals surface area (Å²) in [6, 6.07) is 6.69. The van der Waals surface area contributed by atoms with Gasteiger partial charge >= 0.3 is 0 Å². The molecule has 0 radical (unpaired) electrons. The van der Waals surface area contributed by atoms with Crippen molar-refractivity contribution >= 4 is 35.3 Å². The molecule has 8 heteroatoms. The van der Waals surface area contributed by atoms with E-state index in [1.807, 2.05) is 58.2 Å². The highest BCUT2D eigenvalue weighted by molar-refractivity contribution is 7.80. The van der Waals surface area contributed by atoms with E-state index in [0.29, 0.717) is 31.9 Å². The second kappa shape index (κ2) is 11.4. The monoisotopic (exact) mass is 434 g/mol. The van der Waals surface area contributed by atoms with Crippen LogP contribution in [0.2, 0.25) is 0 Å². The normalized spacial score (nSPS) is 13.8. The van der Waals surface area contributed by atoms with Crippen LogP contribution in [-0.2, 0) is 20.7 Å². The number of H-pyrrole nitrogens is 1. The average Bonchev–Trinajstić information content (AvgIpc) is 3.11. The van der Waals surface area contributed by atoms with Crippen molar-refractivity contribution in [1.82, 2.24) is 20.9 Å². The Morgan fingerprint density at radius 3 is 2.57 bits per heavy atom. The summed E-state index contributed by atoms with van der Waals surface area (Å²) in [4.78, 5) is 29.0. The largest absolute Gasteiger partial charge is 0.380 e. The number of aromatic nitrogens is 1. The summed E-state index contributed by atoms with van der Waals surface area (Å²) in [6.45, 7) is 9.28. The first-order valence-electron chi connectivity index (χ1n) is 10.3. The Labute approximate surface area is 184 Å². The highest BCUT2D eigenvalue weighted by Gasteiger charge is 2.28. The van der Waals surface area contributed by atoms with E-state index in [1.54, 1.807) is 0 Å². The number of nitrogens with one attached hydrogen (secondary N) is 4. The molecular formula is C22H34N4O3S. The summed E-state index contributed by atoms with van der Waals surface area (Å²) in [5.74, 6) is -0.152. The van der Waals surface area contributed by atoms with Crippen LogP contribution >= 0.6 is 12.6 Å². The molecule has 0 spiro atoms. The number of aromatic amines is 1. The molecule has 0 aliphatic heterocycles. The molecule has 2 unspecified atom stereocenters. The lowest BCUT2D eigenvalue weighted by molar-refractivity contribution is -0.130. The zero-order chi connectivity index (χ0) is 22.1. The summed E-state index contributed by atoms with van der Waals surface area (Å²) in [5.41, 5.74) is 1.72. The van der Waals surface area contributed by atoms with Crippen LogP contribution in [0.3, 0.4) is 0 Å². The SMILES string of the molecule is CCOCCNC(=O)C(Cc1c[nH]c2ccccc12)NC(=O)C(CS)NC(C)(C)C. The van der Waals surface area contributed by atoms with Crippen molar-refractivity contribution in [2.75, 3.05) is 25.5 Å². The van der Waals surface area contributed by atoms with Crippen molar-refractivity contribution in [3.63, 3.8) is 0 Å². The molecule has 0 aliphatic rings. The molecule has 7 nitrogen and oxygen atoms in total. The molecule has 0 aliphatic carbocycles. The molecule has 0 saturated carbocycles. The summed E-state index contributed by atoms with van der Waals surface area (Å²) in [7, 11) is 0. The van der Waals surface area contributed by atoms with E-state index in [9.17, 15) is 9.59 Å². The molecule has 2 atom stereocenters. The summed E-state index contributed by atoms with van der Waals surface area (Å²) < 4.78 is 5.29. The van der Waals surface area contributed by atoms with E-state index in [4.69, 9.17) is 4.74 Å². The van der Waals surface area contributed by atoms with Crippen LogP contribution in [0.5, 0.6) is 0 Å². The quantitative estimate of drug-likeness (QED) is 0.276. The second-order valence-corrected chi connectivity index (χ2v) is 8.61. The number of carbonyl (C=O) groups is 2. The maximum absolute atomic E-state index is 12.9. The van der Waals surface area contributed by atoms with Crippen LogP contribution in [-0.4, -0.2) is 59.9 Å². The van der Waals surface area contributed by atoms with Gasteiger partial charge in [0.05, 0.1) is 12.6 Å². The molecule has 1 aromatic carbocycles. The van der Waals surface area contributed by atoms with E-state index in [0.717, 1.165) is 16.5 Å². The van der Waals surface area contributed by atoms with Gasteiger partial charge in [0.1, 0.15) is 6.04 Å². The molecule has 30 heavy (non-hydrogen) atoms. The van der Waals surface area contributed by atoms with Gasteiger partial charge in [0.25, 0.3) is 0 Å². The van der Waals surface area contributed by atoms with Crippen molar-refractivity contribution < 1.29 is 14.3 Å². The number of para-hydroxylation sites is 1. The first-order valence-corrected chi connectivity index (χ1v) is 11.0. The van der Waals surface area contributed by atoms with Crippen LogP contribution in [0.1, 0.15) is 33.3 Å². The van der Waals surface area contributed by atoms with Gasteiger partial charge in [0.15, 0.2) is 0 Å². The first-order chi connectivity index (χ1) is 14.2. The molecule has 2 aromatic rings. The minimum atomic E-state index is -0.706. The van der Waals surface area contributed by atoms with Gasteiger partial charge in [-0.05, 0) is 39.3 Å². The van der Waals surface area contributed by atoms with Gasteiger partial charge in [-0.25, -0.2) is 0 Å². The molecule has 166 valence electrons. The van der Waals surface area contributed by atoms with E-state index < -0.39 is 12.1 Å². The third-order valence-corrected chi connectivity index (χ3v) is 4.95. The van der Waals surface area contributed by atoms with Gasteiger partial charge in [-0.2, -0.15) is 12.6 Å². The fourth-order valence-corrected chi connectivity index (χ4v) is 3.49. The Balaban J connectivity index is 2.15. The Morgan fingerprint density at radius 2 is 1.90 bits per heavy atom. The van der Waals surface area contributed by atoms with Gasteiger partial charge in [0, 0.05) is 48.0 Å². The topological polar surface area (TPSA) is 95.2 Å². The summed E-state index contributed by atoms with van der Waals surface area (Å²) in [6.07, 6.45) is 2.27. The standard InChI is InChI=1S/C22H34N4O3S/c1-5-29-11-10-23-20(27)18(25-21(28)19(14-30)26-22(2,3)4)12-15-13-24-17-9-7-6-8-16(15)17/h6-9,13,18-19,24,26,30H,5,10-12,14H2,1-4H3,(H,23,27)(H,25,28). The Bertz CT molecular complexity index is 831. The molecule has 0 bridgehead atoms. The average molecular weight is 435 g/mol. The van der Waals surface area contributed by atoms with E-state index in [2.05, 4.69) is 33.6 Å². The molecular weight excluding hydrogens is 400 g/mol. The summed E-state index contributed by atoms with van der Waals surface area (Å²) >= 11 is 4.31. The molecule has 2 amide bonds. The summed E-state index contributed by atoms with van der Waals surface area (Å²) in [5, 5.41) is 10.1. The molecule has 0 fully saturated rings. The van der Waals surface area contributed by atoms with Crippen molar-refractivity contribution in [3.05, 3.63) is 36.0 Å². The molecule has 1 heterocycles. The van der Waals surface area contributed by atoms with Gasteiger partial charge in [-0.15, -0.1) is 0 Å². The third-order valence-electron chi connectivity index (χ3n) is 4.59. The predicted molar refractivity (Wildman–Crippen MR) is 124 cm³/mol. The highest BCUT2D eigenvalue weighted by atomic mass is 32.1. The van der Waals surface area contributed by atoms with Crippen molar-refractivity contribution in [2.24, 2.45) is 0 Å². The maximum Gasteiger partial charge on any atom is 0.243 e. The number of hydrogen-bond acceptors (Lipinski definition) is 5. The Kier molecular flexibility index (Phi) is 9.20. The zero-order valence-corrected chi connectivity index (χ0v) is 19.1. The van der Waals surface area contributed by atoms with Gasteiger partial charge in [-0.1, -0.05) is 18.2 Å². The molecule has 0 saturated heterocycles. The number of rotatable bonds is 11. The van der Waals surface area contributed by atoms with Crippen LogP contribution in [0, 0.1) is 0 Å². The number of carbonyl (C=O) groups excluding carboxylic acids is 2. The first kappa shape index (κ1) is 24.2. The van der Waals surface area contributed by atoms with Crippen LogP contribution in [0.4, 0.5) is 0 Å². The minimum Gasteiger partial charge on any atom is -0.380 e. The lowest BCUT2D eigenvalue weighted by Crippen LogP contribution is -2.57. The number of thiol groups is 1. The third kappa shape index (κ3) is 7.34. The van der Waals surface area contributed by atoms with E-state index in [1.165, 1.54) is 0 Å². The number of amides is 2. The minimum absolute atomic E-state index is 0.234. The lowest BCUT2D eigenvalue weighted by atomic mass is 10.0. The second-order valence-electron chi connectivity index (χ2n) is 8.24. The molecule has 4 N–H and O–H groups in total. The van der Waals surface area contributed by atoms with E-state index >= 15 is 0 Å². The Hall–Kier alpha value is -2.03. The number of ether oxygens (including phenoxy) is 1. The number of fused-ring (bicyclic) bond motifs is 1. The van der Waals surface area contributed by atoms with Gasteiger partial charge < -0.3 is 25.7 Å². The van der Waals surface area contributed by atoms with Gasteiger partial charge in [0.2, 0.25) is 11.8 Å². The van der Waals surface area contributed by atoms with Crippen LogP contribution in [0.15, 0.2) is 30.5 Å². The highest BCUT2D eigenvalue weighted by Crippen LogP contribution is 2.19. The maximum atomic E-state index is 12.9. The van der Waals surface area contributed by atoms with Crippen LogP contribution in [0.25, 0.3) is 10.9 Å². The number of hydrogen-bond donors (Lipinski definition) is 5. The predicted octanol–water partition coefficient (Wildman–Crippen LogP) is 2.03. The Morgan fingerprint density at radius 1 is 1.17 bits per heavy atom. The molecule has 1 aromatic heterocycles. The lowest BCUT2D eigenvalue weighted by Gasteiger charge is -2.28. The zero-order valence-electron chi connectivity index (χ0n) is 18.2. The number of benzene rings is 1. The van der Waals surface area contributed by atoms with E-state index in [-0.39, 0.29) is 17.4 Å². The molecule has 2 rings (SSSR count). The van der Waals surface area contributed by atoms with Crippen molar-refractivity contribution in [2.45, 2.75) is 51.7 Å². The van der Waals surface area contributed by atoms with Crippen molar-refractivity contribution in [3.8, 4) is 0 Å². The van der Waals surface area contributed by atoms with Crippen molar-refractivity contribution in [1.29, 1.82) is 0 Å². The smallest absolute Gasteiger partial charge is 0.243 e. The van der Waals surface area contributed by atoms with Gasteiger partial charge in [-0.3, -0.25) is 9.59 Å².